The lowest BCUT2D eigenvalue weighted by molar-refractivity contribution is -0.0668. The van der Waals surface area contributed by atoms with Gasteiger partial charge >= 0.3 is 0 Å². The summed E-state index contributed by atoms with van der Waals surface area (Å²) in [5.41, 5.74) is -0.887. The Labute approximate surface area is 107 Å². The number of hydrogen-bond donors (Lipinski definition) is 2. The van der Waals surface area contributed by atoms with Crippen LogP contribution in [0.3, 0.4) is 0 Å². The molecule has 1 aliphatic heterocycles. The van der Waals surface area contributed by atoms with Crippen molar-refractivity contribution in [3.8, 4) is 0 Å². The van der Waals surface area contributed by atoms with E-state index in [1.807, 2.05) is 0 Å². The lowest BCUT2D eigenvalue weighted by Crippen LogP contribution is -2.61. The van der Waals surface area contributed by atoms with E-state index in [-0.39, 0.29) is 35.7 Å². The summed E-state index contributed by atoms with van der Waals surface area (Å²) in [6.07, 6.45) is 1.23. The molecule has 19 heavy (non-hydrogen) atoms. The second-order valence-corrected chi connectivity index (χ2v) is 5.10. The molecule has 2 N–H and O–H groups in total. The number of aromatic amines is 1. The highest BCUT2D eigenvalue weighted by Gasteiger charge is 2.41. The molecule has 0 saturated carbocycles. The first-order chi connectivity index (χ1) is 8.89. The van der Waals surface area contributed by atoms with Gasteiger partial charge in [0.05, 0.1) is 30.6 Å². The van der Waals surface area contributed by atoms with Crippen LogP contribution in [-0.4, -0.2) is 44.6 Å². The first kappa shape index (κ1) is 11.9. The molecule has 0 bridgehead atoms. The predicted molar refractivity (Wildman–Crippen MR) is 65.9 cm³/mol. The monoisotopic (exact) mass is 263 g/mol. The van der Waals surface area contributed by atoms with Crippen LogP contribution in [0.2, 0.25) is 0 Å². The largest absolute Gasteiger partial charge is 0.442 e. The number of furan rings is 1. The van der Waals surface area contributed by atoms with Gasteiger partial charge < -0.3 is 19.4 Å². The molecule has 3 rings (SSSR count). The minimum Gasteiger partial charge on any atom is -0.442 e. The molecule has 3 heterocycles. The molecule has 100 valence electrons. The van der Waals surface area contributed by atoms with Crippen LogP contribution >= 0.6 is 0 Å². The Hall–Kier alpha value is -2.15. The third kappa shape index (κ3) is 1.74. The van der Waals surface area contributed by atoms with E-state index in [1.54, 1.807) is 13.8 Å². The fraction of sp³-hybridized carbons (Fsp3) is 0.417. The van der Waals surface area contributed by atoms with E-state index in [2.05, 4.69) is 9.97 Å². The molecule has 0 atom stereocenters. The quantitative estimate of drug-likeness (QED) is 0.756. The number of rotatable bonds is 1. The fourth-order valence-electron chi connectivity index (χ4n) is 2.39. The van der Waals surface area contributed by atoms with E-state index in [1.165, 1.54) is 11.2 Å². The normalized spacial score (nSPS) is 17.5. The highest BCUT2D eigenvalue weighted by atomic mass is 16.3. The molecule has 1 fully saturated rings. The number of aromatic nitrogens is 2. The molecule has 2 aromatic heterocycles. The third-order valence-corrected chi connectivity index (χ3v) is 3.23. The van der Waals surface area contributed by atoms with Crippen molar-refractivity contribution in [1.82, 2.24) is 14.9 Å². The van der Waals surface area contributed by atoms with Crippen LogP contribution in [0, 0.1) is 6.92 Å². The second kappa shape index (κ2) is 3.67. The van der Waals surface area contributed by atoms with Gasteiger partial charge in [-0.15, -0.1) is 0 Å². The molecule has 0 spiro atoms. The number of likely N-dealkylation sites (tertiary alicyclic amines) is 1. The number of fused-ring (bicyclic) bond motifs is 1. The van der Waals surface area contributed by atoms with Gasteiger partial charge in [-0.05, 0) is 13.8 Å². The van der Waals surface area contributed by atoms with Gasteiger partial charge in [-0.3, -0.25) is 9.59 Å². The van der Waals surface area contributed by atoms with Crippen molar-refractivity contribution in [2.75, 3.05) is 13.1 Å². The number of H-pyrrole nitrogens is 1. The van der Waals surface area contributed by atoms with Crippen molar-refractivity contribution in [2.24, 2.45) is 0 Å². The van der Waals surface area contributed by atoms with Crippen LogP contribution in [0.25, 0.3) is 11.1 Å². The number of carbonyl (C=O) groups is 1. The van der Waals surface area contributed by atoms with E-state index in [0.29, 0.717) is 5.76 Å². The zero-order valence-corrected chi connectivity index (χ0v) is 10.6. The maximum atomic E-state index is 12.3. The molecule has 0 radical (unpaired) electrons. The van der Waals surface area contributed by atoms with Crippen molar-refractivity contribution in [3.63, 3.8) is 0 Å². The van der Waals surface area contributed by atoms with Crippen molar-refractivity contribution in [1.29, 1.82) is 0 Å². The van der Waals surface area contributed by atoms with Crippen molar-refractivity contribution in [2.45, 2.75) is 19.4 Å². The summed E-state index contributed by atoms with van der Waals surface area (Å²) >= 11 is 0. The molecule has 1 aliphatic rings. The molecule has 7 nitrogen and oxygen atoms in total. The van der Waals surface area contributed by atoms with Gasteiger partial charge in [-0.25, -0.2) is 4.98 Å². The summed E-state index contributed by atoms with van der Waals surface area (Å²) in [7, 11) is 0. The molecule has 0 unspecified atom stereocenters. The van der Waals surface area contributed by atoms with Gasteiger partial charge in [0.25, 0.3) is 11.5 Å². The summed E-state index contributed by atoms with van der Waals surface area (Å²) in [6, 6.07) is 0. The average molecular weight is 263 g/mol. The first-order valence-electron chi connectivity index (χ1n) is 5.87. The zero-order valence-electron chi connectivity index (χ0n) is 10.6. The van der Waals surface area contributed by atoms with Gasteiger partial charge in [0.15, 0.2) is 0 Å². The minimum atomic E-state index is -0.853. The number of hydrogen-bond acceptors (Lipinski definition) is 5. The Bertz CT molecular complexity index is 720. The molecular formula is C12H13N3O4. The lowest BCUT2D eigenvalue weighted by Gasteiger charge is -2.44. The Kier molecular flexibility index (Phi) is 2.30. The molecule has 0 aliphatic carbocycles. The highest BCUT2D eigenvalue weighted by Crippen LogP contribution is 2.27. The van der Waals surface area contributed by atoms with Crippen molar-refractivity contribution in [3.05, 3.63) is 28.0 Å². The van der Waals surface area contributed by atoms with Crippen LogP contribution in [0.1, 0.15) is 23.0 Å². The predicted octanol–water partition coefficient (Wildman–Crippen LogP) is 0.0313. The molecular weight excluding hydrogens is 250 g/mol. The van der Waals surface area contributed by atoms with Crippen LogP contribution in [0.15, 0.2) is 15.5 Å². The van der Waals surface area contributed by atoms with E-state index >= 15 is 0 Å². The molecule has 0 aromatic carbocycles. The molecule has 2 aromatic rings. The Morgan fingerprint density at radius 1 is 1.58 bits per heavy atom. The standard InChI is InChI=1S/C12H13N3O4/c1-6-7(11(17)15-3-12(2,18)4-15)8-9(16)13-5-14-10(8)19-6/h5,18H,3-4H2,1-2H3,(H,13,14,16). The summed E-state index contributed by atoms with van der Waals surface area (Å²) < 4.78 is 5.33. The fourth-order valence-corrected chi connectivity index (χ4v) is 2.39. The number of carbonyl (C=O) groups excluding carboxylic acids is 1. The van der Waals surface area contributed by atoms with Crippen LogP contribution in [0.4, 0.5) is 0 Å². The van der Waals surface area contributed by atoms with Crippen LogP contribution in [-0.2, 0) is 0 Å². The molecule has 7 heteroatoms. The average Bonchev–Trinajstić information content (AvgIpc) is 2.62. The van der Waals surface area contributed by atoms with E-state index in [0.717, 1.165) is 0 Å². The second-order valence-electron chi connectivity index (χ2n) is 5.10. The van der Waals surface area contributed by atoms with Crippen molar-refractivity contribution >= 4 is 17.0 Å². The number of nitrogens with one attached hydrogen (secondary N) is 1. The Balaban J connectivity index is 2.08. The summed E-state index contributed by atoms with van der Waals surface area (Å²) in [6.45, 7) is 3.77. The van der Waals surface area contributed by atoms with Crippen LogP contribution in [0.5, 0.6) is 0 Å². The Morgan fingerprint density at radius 2 is 2.26 bits per heavy atom. The van der Waals surface area contributed by atoms with E-state index in [9.17, 15) is 14.7 Å². The minimum absolute atomic E-state index is 0.150. The Morgan fingerprint density at radius 3 is 2.89 bits per heavy atom. The highest BCUT2D eigenvalue weighted by molar-refractivity contribution is 6.06. The smallest absolute Gasteiger partial charge is 0.262 e. The zero-order chi connectivity index (χ0) is 13.8. The third-order valence-electron chi connectivity index (χ3n) is 3.23. The molecule has 1 amide bonds. The summed E-state index contributed by atoms with van der Waals surface area (Å²) in [4.78, 5) is 31.9. The summed E-state index contributed by atoms with van der Waals surface area (Å²) in [5, 5.41) is 9.83. The SMILES string of the molecule is Cc1oc2nc[nH]c(=O)c2c1C(=O)N1CC(C)(O)C1. The van der Waals surface area contributed by atoms with Gasteiger partial charge in [0, 0.05) is 0 Å². The number of amides is 1. The van der Waals surface area contributed by atoms with Gasteiger partial charge in [0.2, 0.25) is 5.71 Å². The van der Waals surface area contributed by atoms with Crippen LogP contribution < -0.4 is 5.56 Å². The van der Waals surface area contributed by atoms with Gasteiger partial charge in [-0.1, -0.05) is 0 Å². The maximum absolute atomic E-state index is 12.3. The van der Waals surface area contributed by atoms with Crippen molar-refractivity contribution < 1.29 is 14.3 Å². The number of aliphatic hydroxyl groups is 1. The number of aryl methyl sites for hydroxylation is 1. The first-order valence-corrected chi connectivity index (χ1v) is 5.87. The van der Waals surface area contributed by atoms with E-state index in [4.69, 9.17) is 4.42 Å². The van der Waals surface area contributed by atoms with Gasteiger partial charge in [0.1, 0.15) is 11.1 Å². The number of nitrogens with zero attached hydrogens (tertiary/aromatic N) is 2. The lowest BCUT2D eigenvalue weighted by atomic mass is 9.95. The number of β-amino-alcohol motifs (C(OH)–C–C–N with tert-alkyl or cyclic N) is 1. The van der Waals surface area contributed by atoms with E-state index < -0.39 is 11.2 Å². The van der Waals surface area contributed by atoms with Gasteiger partial charge in [-0.2, -0.15) is 0 Å². The molecule has 1 saturated heterocycles. The summed E-state index contributed by atoms with van der Waals surface area (Å²) in [5.74, 6) is 0.0389. The maximum Gasteiger partial charge on any atom is 0.262 e. The topological polar surface area (TPSA) is 99.4 Å².